The Morgan fingerprint density at radius 2 is 1.70 bits per heavy atom. The van der Waals surface area contributed by atoms with Gasteiger partial charge in [-0.1, -0.05) is 41.4 Å². The first kappa shape index (κ1) is 21.7. The second-order valence-electron chi connectivity index (χ2n) is 6.72. The number of carbonyl (C=O) groups is 1. The van der Waals surface area contributed by atoms with Crippen molar-refractivity contribution >= 4 is 38.9 Å². The third-order valence-electron chi connectivity index (χ3n) is 4.26. The van der Waals surface area contributed by atoms with Gasteiger partial charge in [0.2, 0.25) is 0 Å². The van der Waals surface area contributed by atoms with Crippen LogP contribution in [0.4, 0.5) is 11.4 Å². The van der Waals surface area contributed by atoms with Crippen molar-refractivity contribution in [2.24, 2.45) is 0 Å². The van der Waals surface area contributed by atoms with Gasteiger partial charge < -0.3 is 10.1 Å². The summed E-state index contributed by atoms with van der Waals surface area (Å²) in [6.45, 7) is 3.74. The van der Waals surface area contributed by atoms with E-state index in [-0.39, 0.29) is 17.4 Å². The molecule has 0 spiro atoms. The Morgan fingerprint density at radius 1 is 1.00 bits per heavy atom. The zero-order valence-corrected chi connectivity index (χ0v) is 18.0. The summed E-state index contributed by atoms with van der Waals surface area (Å²) < 4.78 is 33.0. The highest BCUT2D eigenvalue weighted by molar-refractivity contribution is 7.92. The number of ether oxygens (including phenoxy) is 1. The Hall–Kier alpha value is -3.03. The zero-order chi connectivity index (χ0) is 21.7. The van der Waals surface area contributed by atoms with E-state index < -0.39 is 10.0 Å². The molecule has 2 N–H and O–H groups in total. The molecular weight excluding hydrogens is 424 g/mol. The highest BCUT2D eigenvalue weighted by Crippen LogP contribution is 2.24. The van der Waals surface area contributed by atoms with Crippen LogP contribution in [0.3, 0.4) is 0 Å². The number of nitrogens with one attached hydrogen (secondary N) is 2. The maximum Gasteiger partial charge on any atom is 0.262 e. The Balaban J connectivity index is 1.61. The number of anilines is 2. The van der Waals surface area contributed by atoms with Gasteiger partial charge in [-0.3, -0.25) is 9.52 Å². The summed E-state index contributed by atoms with van der Waals surface area (Å²) in [5.74, 6) is 0.294. The van der Waals surface area contributed by atoms with Crippen LogP contribution < -0.4 is 14.8 Å². The van der Waals surface area contributed by atoms with Crippen molar-refractivity contribution in [3.05, 3.63) is 82.9 Å². The van der Waals surface area contributed by atoms with Crippen LogP contribution in [-0.2, 0) is 14.8 Å². The maximum atomic E-state index is 12.5. The molecule has 0 fully saturated rings. The highest BCUT2D eigenvalue weighted by Gasteiger charge is 2.16. The van der Waals surface area contributed by atoms with Crippen LogP contribution in [0.25, 0.3) is 0 Å². The van der Waals surface area contributed by atoms with Crippen molar-refractivity contribution in [1.82, 2.24) is 0 Å². The summed E-state index contributed by atoms with van der Waals surface area (Å²) in [5, 5.41) is 2.98. The number of sulfonamides is 1. The van der Waals surface area contributed by atoms with Gasteiger partial charge in [0.25, 0.3) is 15.9 Å². The molecule has 3 aromatic carbocycles. The fraction of sp³-hybridized carbons (Fsp3) is 0.136. The van der Waals surface area contributed by atoms with E-state index in [1.54, 1.807) is 24.3 Å². The lowest BCUT2D eigenvalue weighted by Crippen LogP contribution is -2.20. The summed E-state index contributed by atoms with van der Waals surface area (Å²) in [6, 6.07) is 18.1. The molecule has 0 aliphatic carbocycles. The molecule has 8 heteroatoms. The van der Waals surface area contributed by atoms with E-state index in [0.717, 1.165) is 11.1 Å². The second-order valence-corrected chi connectivity index (χ2v) is 8.81. The van der Waals surface area contributed by atoms with Gasteiger partial charge in [-0.25, -0.2) is 8.42 Å². The minimum atomic E-state index is -3.81. The van der Waals surface area contributed by atoms with Crippen LogP contribution >= 0.6 is 11.6 Å². The number of para-hydroxylation sites is 1. The highest BCUT2D eigenvalue weighted by atomic mass is 35.5. The summed E-state index contributed by atoms with van der Waals surface area (Å²) >= 11 is 6.01. The molecule has 156 valence electrons. The normalized spacial score (nSPS) is 11.0. The zero-order valence-electron chi connectivity index (χ0n) is 16.5. The van der Waals surface area contributed by atoms with Crippen molar-refractivity contribution in [2.45, 2.75) is 18.7 Å². The van der Waals surface area contributed by atoms with Gasteiger partial charge in [0.15, 0.2) is 6.61 Å². The monoisotopic (exact) mass is 444 g/mol. The molecule has 0 aliphatic heterocycles. The molecule has 0 heterocycles. The SMILES string of the molecule is Cc1ccc(OCC(=O)Nc2ccc(S(=O)(=O)Nc3ccccc3Cl)cc2)c(C)c1. The van der Waals surface area contributed by atoms with E-state index >= 15 is 0 Å². The number of carbonyl (C=O) groups excluding carboxylic acids is 1. The maximum absolute atomic E-state index is 12.5. The van der Waals surface area contributed by atoms with Crippen LogP contribution in [0.1, 0.15) is 11.1 Å². The van der Waals surface area contributed by atoms with Gasteiger partial charge in [0, 0.05) is 5.69 Å². The molecule has 0 saturated heterocycles. The summed E-state index contributed by atoms with van der Waals surface area (Å²) in [7, 11) is -3.81. The van der Waals surface area contributed by atoms with Crippen molar-refractivity contribution in [3.63, 3.8) is 0 Å². The average Bonchev–Trinajstić information content (AvgIpc) is 2.69. The third-order valence-corrected chi connectivity index (χ3v) is 5.97. The van der Waals surface area contributed by atoms with Crippen LogP contribution in [0, 0.1) is 13.8 Å². The minimum Gasteiger partial charge on any atom is -0.483 e. The van der Waals surface area contributed by atoms with E-state index in [1.165, 1.54) is 24.3 Å². The molecule has 6 nitrogen and oxygen atoms in total. The first-order chi connectivity index (χ1) is 14.2. The smallest absolute Gasteiger partial charge is 0.262 e. The Bertz CT molecular complexity index is 1160. The molecule has 0 aromatic heterocycles. The predicted octanol–water partition coefficient (Wildman–Crippen LogP) is 4.78. The van der Waals surface area contributed by atoms with E-state index in [2.05, 4.69) is 10.0 Å². The van der Waals surface area contributed by atoms with Crippen LogP contribution in [0.2, 0.25) is 5.02 Å². The van der Waals surface area contributed by atoms with Crippen LogP contribution in [-0.4, -0.2) is 20.9 Å². The van der Waals surface area contributed by atoms with E-state index in [0.29, 0.717) is 22.1 Å². The first-order valence-corrected chi connectivity index (χ1v) is 11.0. The molecule has 0 radical (unpaired) electrons. The Kier molecular flexibility index (Phi) is 6.64. The molecule has 0 bridgehead atoms. The molecule has 3 aromatic rings. The topological polar surface area (TPSA) is 84.5 Å². The van der Waals surface area contributed by atoms with Gasteiger partial charge >= 0.3 is 0 Å². The standard InChI is InChI=1S/C22H21ClN2O4S/c1-15-7-12-21(16(2)13-15)29-14-22(26)24-17-8-10-18(11-9-17)30(27,28)25-20-6-4-3-5-19(20)23/h3-13,25H,14H2,1-2H3,(H,24,26). The lowest BCUT2D eigenvalue weighted by atomic mass is 10.1. The first-order valence-electron chi connectivity index (χ1n) is 9.12. The second kappa shape index (κ2) is 9.19. The number of hydrogen-bond acceptors (Lipinski definition) is 4. The number of hydrogen-bond donors (Lipinski definition) is 2. The quantitative estimate of drug-likeness (QED) is 0.549. The number of benzene rings is 3. The largest absolute Gasteiger partial charge is 0.483 e. The Labute approximate surface area is 180 Å². The molecule has 1 amide bonds. The summed E-state index contributed by atoms with van der Waals surface area (Å²) in [5.41, 5.74) is 2.81. The van der Waals surface area contributed by atoms with Gasteiger partial charge in [-0.05, 0) is 61.9 Å². The average molecular weight is 445 g/mol. The predicted molar refractivity (Wildman–Crippen MR) is 119 cm³/mol. The van der Waals surface area contributed by atoms with Crippen molar-refractivity contribution < 1.29 is 17.9 Å². The fourth-order valence-electron chi connectivity index (χ4n) is 2.77. The van der Waals surface area contributed by atoms with Crippen molar-refractivity contribution in [3.8, 4) is 5.75 Å². The lowest BCUT2D eigenvalue weighted by Gasteiger charge is -2.11. The minimum absolute atomic E-state index is 0.0481. The number of amides is 1. The van der Waals surface area contributed by atoms with Gasteiger partial charge in [0.05, 0.1) is 15.6 Å². The molecule has 30 heavy (non-hydrogen) atoms. The number of aryl methyl sites for hydroxylation is 2. The molecule has 0 unspecified atom stereocenters. The Morgan fingerprint density at radius 3 is 2.37 bits per heavy atom. The molecule has 0 atom stereocenters. The van der Waals surface area contributed by atoms with Crippen molar-refractivity contribution in [1.29, 1.82) is 0 Å². The summed E-state index contributed by atoms with van der Waals surface area (Å²) in [4.78, 5) is 12.2. The van der Waals surface area contributed by atoms with Gasteiger partial charge in [0.1, 0.15) is 5.75 Å². The number of rotatable bonds is 7. The summed E-state index contributed by atoms with van der Waals surface area (Å²) in [6.07, 6.45) is 0. The molecular formula is C22H21ClN2O4S. The number of halogens is 1. The fourth-order valence-corrected chi connectivity index (χ4v) is 4.09. The molecule has 3 rings (SSSR count). The molecule has 0 saturated carbocycles. The lowest BCUT2D eigenvalue weighted by molar-refractivity contribution is -0.118. The van der Waals surface area contributed by atoms with Crippen LogP contribution in [0.15, 0.2) is 71.6 Å². The third kappa shape index (κ3) is 5.52. The van der Waals surface area contributed by atoms with Gasteiger partial charge in [-0.15, -0.1) is 0 Å². The van der Waals surface area contributed by atoms with Crippen molar-refractivity contribution in [2.75, 3.05) is 16.6 Å². The van der Waals surface area contributed by atoms with E-state index in [1.807, 2.05) is 32.0 Å². The van der Waals surface area contributed by atoms with Gasteiger partial charge in [-0.2, -0.15) is 0 Å². The van der Waals surface area contributed by atoms with Crippen LogP contribution in [0.5, 0.6) is 5.75 Å². The van der Waals surface area contributed by atoms with E-state index in [4.69, 9.17) is 16.3 Å². The van der Waals surface area contributed by atoms with E-state index in [9.17, 15) is 13.2 Å². The molecule has 0 aliphatic rings.